The van der Waals surface area contributed by atoms with E-state index in [1.807, 2.05) is 0 Å². The highest BCUT2D eigenvalue weighted by molar-refractivity contribution is 6.08. The van der Waals surface area contributed by atoms with Gasteiger partial charge in [0.2, 0.25) is 11.8 Å². The van der Waals surface area contributed by atoms with E-state index in [0.717, 1.165) is 14.2 Å². The van der Waals surface area contributed by atoms with E-state index >= 15 is 0 Å². The van der Waals surface area contributed by atoms with E-state index in [9.17, 15) is 23.2 Å². The molecule has 1 aliphatic carbocycles. The van der Waals surface area contributed by atoms with E-state index in [4.69, 9.17) is 0 Å². The number of amides is 1. The highest BCUT2D eigenvalue weighted by Gasteiger charge is 2.39. The van der Waals surface area contributed by atoms with E-state index in [2.05, 4.69) is 19.8 Å². The molecule has 2 N–H and O–H groups in total. The van der Waals surface area contributed by atoms with Crippen LogP contribution in [0.25, 0.3) is 0 Å². The zero-order chi connectivity index (χ0) is 17.9. The third-order valence-electron chi connectivity index (χ3n) is 3.93. The maximum atomic E-state index is 13.5. The van der Waals surface area contributed by atoms with Crippen molar-refractivity contribution < 1.29 is 32.6 Å². The highest BCUT2D eigenvalue weighted by Crippen LogP contribution is 2.37. The smallest absolute Gasteiger partial charge is 0.356 e. The number of methoxy groups -OCH3 is 2. The number of anilines is 1. The molecule has 2 rings (SSSR count). The lowest BCUT2D eigenvalue weighted by molar-refractivity contribution is -0.127. The maximum absolute atomic E-state index is 13.5. The number of aromatic amines is 1. The van der Waals surface area contributed by atoms with Crippen molar-refractivity contribution in [1.82, 2.24) is 4.98 Å². The Balaban J connectivity index is 2.26. The van der Waals surface area contributed by atoms with Gasteiger partial charge in [-0.2, -0.15) is 0 Å². The molecule has 0 spiro atoms. The fourth-order valence-corrected chi connectivity index (χ4v) is 2.71. The molecule has 1 atom stereocenters. The molecule has 0 saturated heterocycles. The third-order valence-corrected chi connectivity index (χ3v) is 3.93. The Kier molecular flexibility index (Phi) is 5.20. The van der Waals surface area contributed by atoms with Crippen molar-refractivity contribution in [2.24, 2.45) is 5.92 Å². The van der Waals surface area contributed by atoms with Gasteiger partial charge in [-0.15, -0.1) is 0 Å². The normalized spacial score (nSPS) is 19.4. The predicted octanol–water partition coefficient (Wildman–Crippen LogP) is 2.35. The molecule has 0 radical (unpaired) electrons. The van der Waals surface area contributed by atoms with Crippen molar-refractivity contribution in [2.45, 2.75) is 31.6 Å². The number of rotatable bonds is 4. The standard InChI is InChI=1S/C15H18F2N2O5/c1-23-13(21)9-7-18-11(14(22)24-2)10(9)19-12(20)8-4-3-5-15(16,17)6-8/h7-8,18H,3-6H2,1-2H3,(H,19,20). The van der Waals surface area contributed by atoms with Crippen molar-refractivity contribution >= 4 is 23.5 Å². The molecule has 0 bridgehead atoms. The van der Waals surface area contributed by atoms with Crippen LogP contribution in [0.15, 0.2) is 6.20 Å². The zero-order valence-electron chi connectivity index (χ0n) is 13.3. The van der Waals surface area contributed by atoms with Crippen LogP contribution in [0.1, 0.15) is 46.5 Å². The molecule has 0 aliphatic heterocycles. The molecule has 9 heteroatoms. The number of halogens is 2. The van der Waals surface area contributed by atoms with Gasteiger partial charge in [0.15, 0.2) is 0 Å². The Morgan fingerprint density at radius 1 is 1.25 bits per heavy atom. The molecular formula is C15H18F2N2O5. The molecule has 1 saturated carbocycles. The summed E-state index contributed by atoms with van der Waals surface area (Å²) in [5, 5.41) is 2.39. The minimum Gasteiger partial charge on any atom is -0.465 e. The summed E-state index contributed by atoms with van der Waals surface area (Å²) >= 11 is 0. The summed E-state index contributed by atoms with van der Waals surface area (Å²) in [7, 11) is 2.27. The lowest BCUT2D eigenvalue weighted by Gasteiger charge is -2.28. The monoisotopic (exact) mass is 344 g/mol. The van der Waals surface area contributed by atoms with Crippen LogP contribution in [-0.2, 0) is 14.3 Å². The average Bonchev–Trinajstić information content (AvgIpc) is 2.95. The largest absolute Gasteiger partial charge is 0.465 e. The van der Waals surface area contributed by atoms with Crippen molar-refractivity contribution in [3.05, 3.63) is 17.5 Å². The molecule has 1 unspecified atom stereocenters. The van der Waals surface area contributed by atoms with E-state index in [0.29, 0.717) is 6.42 Å². The average molecular weight is 344 g/mol. The van der Waals surface area contributed by atoms with Gasteiger partial charge in [-0.05, 0) is 12.8 Å². The van der Waals surface area contributed by atoms with Crippen LogP contribution in [-0.4, -0.2) is 43.0 Å². The van der Waals surface area contributed by atoms with Gasteiger partial charge in [0.05, 0.1) is 19.9 Å². The van der Waals surface area contributed by atoms with Gasteiger partial charge in [0.25, 0.3) is 0 Å². The van der Waals surface area contributed by atoms with Crippen molar-refractivity contribution in [3.63, 3.8) is 0 Å². The zero-order valence-corrected chi connectivity index (χ0v) is 13.3. The van der Waals surface area contributed by atoms with Gasteiger partial charge in [-0.25, -0.2) is 18.4 Å². The van der Waals surface area contributed by atoms with Gasteiger partial charge in [0.1, 0.15) is 11.3 Å². The molecular weight excluding hydrogens is 326 g/mol. The Morgan fingerprint density at radius 2 is 1.92 bits per heavy atom. The van der Waals surface area contributed by atoms with Crippen molar-refractivity contribution in [2.75, 3.05) is 19.5 Å². The second kappa shape index (κ2) is 6.98. The number of carbonyl (C=O) groups is 3. The second-order valence-corrected chi connectivity index (χ2v) is 5.57. The van der Waals surface area contributed by atoms with E-state index < -0.39 is 36.1 Å². The summed E-state index contributed by atoms with van der Waals surface area (Å²) in [4.78, 5) is 38.3. The number of ether oxygens (including phenoxy) is 2. The quantitative estimate of drug-likeness (QED) is 0.817. The molecule has 132 valence electrons. The summed E-state index contributed by atoms with van der Waals surface area (Å²) in [5.74, 6) is -6.07. The summed E-state index contributed by atoms with van der Waals surface area (Å²) in [6, 6.07) is 0. The molecule has 1 aromatic heterocycles. The molecule has 1 aliphatic rings. The number of carbonyl (C=O) groups excluding carboxylic acids is 3. The van der Waals surface area contributed by atoms with Crippen LogP contribution in [0.4, 0.5) is 14.5 Å². The van der Waals surface area contributed by atoms with E-state index in [1.165, 1.54) is 6.20 Å². The predicted molar refractivity (Wildman–Crippen MR) is 79.0 cm³/mol. The van der Waals surface area contributed by atoms with Crippen LogP contribution >= 0.6 is 0 Å². The maximum Gasteiger partial charge on any atom is 0.356 e. The van der Waals surface area contributed by atoms with Gasteiger partial charge in [0, 0.05) is 25.0 Å². The first kappa shape index (κ1) is 17.9. The lowest BCUT2D eigenvalue weighted by Crippen LogP contribution is -2.34. The topological polar surface area (TPSA) is 97.5 Å². The Hall–Kier alpha value is -2.45. The highest BCUT2D eigenvalue weighted by atomic mass is 19.3. The number of esters is 2. The number of aromatic nitrogens is 1. The van der Waals surface area contributed by atoms with Crippen LogP contribution in [0.2, 0.25) is 0 Å². The first-order valence-electron chi connectivity index (χ1n) is 7.35. The minimum atomic E-state index is -2.89. The summed E-state index contributed by atoms with van der Waals surface area (Å²) in [5.41, 5.74) is -0.379. The van der Waals surface area contributed by atoms with Crippen LogP contribution in [0, 0.1) is 5.92 Å². The first-order chi connectivity index (χ1) is 11.3. The molecule has 1 aromatic rings. The van der Waals surface area contributed by atoms with Crippen LogP contribution < -0.4 is 5.32 Å². The second-order valence-electron chi connectivity index (χ2n) is 5.57. The molecule has 24 heavy (non-hydrogen) atoms. The Morgan fingerprint density at radius 3 is 2.50 bits per heavy atom. The van der Waals surface area contributed by atoms with Crippen LogP contribution in [0.3, 0.4) is 0 Å². The fourth-order valence-electron chi connectivity index (χ4n) is 2.71. The van der Waals surface area contributed by atoms with Crippen molar-refractivity contribution in [3.8, 4) is 0 Å². The van der Waals surface area contributed by atoms with Crippen molar-refractivity contribution in [1.29, 1.82) is 0 Å². The summed E-state index contributed by atoms with van der Waals surface area (Å²) in [6.07, 6.45) is 0.911. The summed E-state index contributed by atoms with van der Waals surface area (Å²) in [6.45, 7) is 0. The van der Waals surface area contributed by atoms with Gasteiger partial charge >= 0.3 is 11.9 Å². The number of nitrogens with one attached hydrogen (secondary N) is 2. The molecule has 7 nitrogen and oxygen atoms in total. The number of alkyl halides is 2. The Labute approximate surface area is 136 Å². The van der Waals surface area contributed by atoms with Crippen LogP contribution in [0.5, 0.6) is 0 Å². The SMILES string of the molecule is COC(=O)c1c[nH]c(C(=O)OC)c1NC(=O)C1CCCC(F)(F)C1. The summed E-state index contributed by atoms with van der Waals surface area (Å²) < 4.78 is 36.1. The number of hydrogen-bond acceptors (Lipinski definition) is 5. The van der Waals surface area contributed by atoms with E-state index in [1.54, 1.807) is 0 Å². The van der Waals surface area contributed by atoms with E-state index in [-0.39, 0.29) is 29.8 Å². The lowest BCUT2D eigenvalue weighted by atomic mass is 9.86. The Bertz CT molecular complexity index is 623. The van der Waals surface area contributed by atoms with Gasteiger partial charge in [-0.1, -0.05) is 0 Å². The fraction of sp³-hybridized carbons (Fsp3) is 0.533. The molecule has 1 heterocycles. The van der Waals surface area contributed by atoms with Gasteiger partial charge in [-0.3, -0.25) is 4.79 Å². The minimum absolute atomic E-state index is 0.0891. The number of hydrogen-bond donors (Lipinski definition) is 2. The molecule has 1 amide bonds. The van der Waals surface area contributed by atoms with Gasteiger partial charge < -0.3 is 19.8 Å². The number of H-pyrrole nitrogens is 1. The molecule has 1 fully saturated rings. The third kappa shape index (κ3) is 3.72. The first-order valence-corrected chi connectivity index (χ1v) is 7.35. The molecule has 0 aromatic carbocycles.